The van der Waals surface area contributed by atoms with E-state index in [1.807, 2.05) is 170 Å². The molecule has 16 aromatic heterocycles. The smallest absolute Gasteiger partial charge is 0.292 e. The Bertz CT molecular complexity index is 8820. The van der Waals surface area contributed by atoms with Crippen LogP contribution < -0.4 is 65.5 Å². The number of benzene rings is 8. The van der Waals surface area contributed by atoms with Crippen molar-refractivity contribution in [3.63, 3.8) is 0 Å². The number of hydrogen-bond donors (Lipinski definition) is 8. The van der Waals surface area contributed by atoms with Crippen molar-refractivity contribution >= 4 is 212 Å². The highest BCUT2D eigenvalue weighted by atomic mass is 32.1. The number of thiazole rings is 1. The summed E-state index contributed by atoms with van der Waals surface area (Å²) >= 11 is 1.44. The van der Waals surface area contributed by atoms with Crippen LogP contribution >= 0.6 is 11.3 Å². The number of nitrogen functional groups attached to an aromatic ring is 8. The predicted octanol–water partition coefficient (Wildman–Crippen LogP) is 13.6. The molecule has 0 atom stereocenters. The fourth-order valence-electron chi connectivity index (χ4n) is 19.9. The van der Waals surface area contributed by atoms with E-state index in [4.69, 9.17) is 110 Å². The maximum Gasteiger partial charge on any atom is 0.292 e. The molecule has 4 saturated heterocycles. The van der Waals surface area contributed by atoms with Crippen molar-refractivity contribution in [3.05, 3.63) is 260 Å². The molecule has 0 saturated carbocycles. The Balaban J connectivity index is 0.000000104. The van der Waals surface area contributed by atoms with E-state index in [2.05, 4.69) is 133 Å². The minimum absolute atomic E-state index is 0.116. The summed E-state index contributed by atoms with van der Waals surface area (Å²) in [7, 11) is 0. The zero-order valence-corrected chi connectivity index (χ0v) is 81.5. The molecule has 8 aromatic carbocycles. The van der Waals surface area contributed by atoms with Crippen LogP contribution in [0.25, 0.3) is 176 Å². The summed E-state index contributed by atoms with van der Waals surface area (Å²) in [6.45, 7) is 13.5. The zero-order chi connectivity index (χ0) is 101. The Morgan fingerprint density at radius 3 is 0.987 bits per heavy atom. The van der Waals surface area contributed by atoms with Crippen LogP contribution in [0.3, 0.4) is 0 Å². The number of oxazole rings is 1. The Morgan fingerprint density at radius 2 is 0.600 bits per heavy atom. The number of aromatic nitrogens is 25. The second kappa shape index (κ2) is 39.3. The standard InChI is InChI=1S/C28H25N9O.C27H24N10O.C26H23N9O2.C26H23N9OS/c29-23-8-6-18-13-19(5-7-22(18)33-23)25-24-26(30)31-16-32-28(24)37(35-25)15-20-14-17-3-1-2-4-21(17)34-27(20)36-9-11-38-12-10-36;28-24-22-23(17-5-6-21-18(12-17)13-30-27(29)34-21)35-37(26(22)32-15-31-24)14-19-11-16-3-1-2-4-20(16)33-25(19)36-7-9-38-10-8-36;27-23-21-22(16-5-6-20-19(12-16)32-26(28)37-20)33-35(25(21)30-14-29-23)13-17-11-15-3-1-2-4-18(15)31-24(17)34-7-9-36-10-8-34;27-23-21-22(16-5-6-19-20(12-16)37-26(28)32-19)33-35(25(21)30-14-29-23)13-17-11-15-3-1-2-4-18(15)31-24(17)34-7-9-36-10-8-34/h1-8,13-14,16H,9-12,15H2,(H2,29,33)(H2,30,31,32);1-6,11-13,15H,7-10,14H2,(H2,28,31,32)(H2,29,30,34);2*1-6,11-12,14H,7-10,13H2,(H2,28,32)(H2,27,29,30). The van der Waals surface area contributed by atoms with Crippen LogP contribution in [-0.4, -0.2) is 229 Å². The maximum atomic E-state index is 6.39. The first-order valence-corrected chi connectivity index (χ1v) is 49.6. The van der Waals surface area contributed by atoms with Gasteiger partial charge in [0.1, 0.15) is 106 Å². The van der Waals surface area contributed by atoms with E-state index in [0.29, 0.717) is 169 Å². The van der Waals surface area contributed by atoms with Gasteiger partial charge in [0.05, 0.1) is 144 Å². The van der Waals surface area contributed by atoms with E-state index in [-0.39, 0.29) is 12.0 Å². The monoisotopic (exact) mass is 2010 g/mol. The van der Waals surface area contributed by atoms with Crippen LogP contribution in [0.1, 0.15) is 22.3 Å². The molecule has 28 rings (SSSR count). The number of rotatable bonds is 16. The first kappa shape index (κ1) is 92.3. The van der Waals surface area contributed by atoms with Gasteiger partial charge in [-0.1, -0.05) is 102 Å². The van der Waals surface area contributed by atoms with Gasteiger partial charge in [0.25, 0.3) is 6.01 Å². The lowest BCUT2D eigenvalue weighted by atomic mass is 10.1. The average molecular weight is 2010 g/mol. The average Bonchev–Trinajstić information content (AvgIpc) is 1.61. The summed E-state index contributed by atoms with van der Waals surface area (Å²) in [6, 6.07) is 68.6. The quantitative estimate of drug-likeness (QED) is 0.0445. The van der Waals surface area contributed by atoms with E-state index in [9.17, 15) is 0 Å². The van der Waals surface area contributed by atoms with E-state index in [1.54, 1.807) is 12.3 Å². The number of pyridine rings is 5. The van der Waals surface area contributed by atoms with Crippen LogP contribution in [-0.2, 0) is 45.1 Å². The molecule has 4 aliphatic heterocycles. The lowest BCUT2D eigenvalue weighted by molar-refractivity contribution is 0.122. The molecule has 744 valence electrons. The van der Waals surface area contributed by atoms with Gasteiger partial charge in [-0.05, 0) is 115 Å². The van der Waals surface area contributed by atoms with Crippen molar-refractivity contribution in [3.8, 4) is 45.0 Å². The number of para-hydroxylation sites is 4. The molecular formula is C107H95N37O5S. The molecule has 0 amide bonds. The minimum atomic E-state index is 0.116. The lowest BCUT2D eigenvalue weighted by Crippen LogP contribution is -2.37. The highest BCUT2D eigenvalue weighted by Crippen LogP contribution is 2.42. The minimum Gasteiger partial charge on any atom is -0.424 e. The molecule has 20 heterocycles. The molecule has 16 N–H and O–H groups in total. The molecule has 0 bridgehead atoms. The molecule has 0 aliphatic carbocycles. The van der Waals surface area contributed by atoms with Crippen LogP contribution in [0.2, 0.25) is 0 Å². The Morgan fingerprint density at radius 1 is 0.273 bits per heavy atom. The van der Waals surface area contributed by atoms with E-state index < -0.39 is 0 Å². The third kappa shape index (κ3) is 18.0. The number of hydrogen-bond acceptors (Lipinski definition) is 39. The number of fused-ring (bicyclic) bond motifs is 12. The van der Waals surface area contributed by atoms with Gasteiger partial charge in [0, 0.05) is 135 Å². The second-order valence-electron chi connectivity index (χ2n) is 36.5. The number of morpholine rings is 4. The summed E-state index contributed by atoms with van der Waals surface area (Å²) in [5.41, 5.74) is 69.4. The first-order chi connectivity index (χ1) is 73.5. The van der Waals surface area contributed by atoms with Crippen LogP contribution in [0.15, 0.2) is 242 Å². The SMILES string of the molecule is Nc1ccc2cc(-c3nn(Cc4cc5ccccc5nc4N4CCOCC4)c4ncnc(N)c34)ccc2n1.Nc1nc2cc(-c3nn(Cc4cc5ccccc5nc4N4CCOCC4)c4ncnc(N)c34)ccc2o1.Nc1nc2ccc(-c3nn(Cc4cc5ccccc5nc4N4CCOCC4)c4ncnc(N)c34)cc2s1.Nc1ncc2cc(-c3nn(Cc4cc5ccccc5nc4N4CCOCC4)c4ncnc(N)c34)ccc2n1. The number of nitrogens with zero attached hydrogens (tertiary/aromatic N) is 29. The Labute approximate surface area is 855 Å². The van der Waals surface area contributed by atoms with Gasteiger partial charge >= 0.3 is 0 Å². The van der Waals surface area contributed by atoms with Gasteiger partial charge in [-0.25, -0.2) is 98.5 Å². The zero-order valence-electron chi connectivity index (χ0n) is 80.7. The molecule has 43 heteroatoms. The van der Waals surface area contributed by atoms with Gasteiger partial charge in [0.15, 0.2) is 33.3 Å². The predicted molar refractivity (Wildman–Crippen MR) is 583 cm³/mol. The van der Waals surface area contributed by atoms with Crippen molar-refractivity contribution in [2.45, 2.75) is 26.2 Å². The Kier molecular flexibility index (Phi) is 24.2. The van der Waals surface area contributed by atoms with Crippen molar-refractivity contribution in [2.75, 3.05) is 171 Å². The lowest BCUT2D eigenvalue weighted by Gasteiger charge is -2.29. The third-order valence-corrected chi connectivity index (χ3v) is 27.9. The topological polar surface area (TPSA) is 562 Å². The number of ether oxygens (including phenoxy) is 4. The van der Waals surface area contributed by atoms with Crippen LogP contribution in [0, 0.1) is 0 Å². The van der Waals surface area contributed by atoms with Crippen LogP contribution in [0.4, 0.5) is 69.5 Å². The molecule has 0 radical (unpaired) electrons. The fourth-order valence-corrected chi connectivity index (χ4v) is 20.7. The van der Waals surface area contributed by atoms with Crippen molar-refractivity contribution in [2.24, 2.45) is 0 Å². The molecule has 4 aliphatic rings. The van der Waals surface area contributed by atoms with Gasteiger partial charge in [-0.3, -0.25) is 0 Å². The second-order valence-corrected chi connectivity index (χ2v) is 37.6. The summed E-state index contributed by atoms with van der Waals surface area (Å²) in [6.07, 6.45) is 7.60. The molecule has 24 aromatic rings. The number of nitrogens with two attached hydrogens (primary N) is 8. The van der Waals surface area contributed by atoms with E-state index in [0.717, 1.165) is 218 Å². The summed E-state index contributed by atoms with van der Waals surface area (Å²) in [4.78, 5) is 86.1. The largest absolute Gasteiger partial charge is 0.424 e. The first-order valence-electron chi connectivity index (χ1n) is 48.8. The molecule has 0 spiro atoms. The molecular weight excluding hydrogens is 1920 g/mol. The molecule has 4 fully saturated rings. The van der Waals surface area contributed by atoms with Crippen molar-refractivity contribution in [1.29, 1.82) is 0 Å². The molecule has 150 heavy (non-hydrogen) atoms. The summed E-state index contributed by atoms with van der Waals surface area (Å²) in [5, 5.41) is 29.5. The molecule has 42 nitrogen and oxygen atoms in total. The third-order valence-electron chi connectivity index (χ3n) is 27.1. The maximum absolute atomic E-state index is 6.39. The Hall–Kier alpha value is -18.8. The number of anilines is 12. The van der Waals surface area contributed by atoms with Gasteiger partial charge < -0.3 is 88.8 Å². The van der Waals surface area contributed by atoms with Gasteiger partial charge in [-0.2, -0.15) is 25.4 Å². The van der Waals surface area contributed by atoms with Gasteiger partial charge in [-0.15, -0.1) is 0 Å². The normalized spacial score (nSPS) is 14.1. The highest BCUT2D eigenvalue weighted by Gasteiger charge is 2.30. The molecule has 0 unspecified atom stereocenters. The van der Waals surface area contributed by atoms with Crippen molar-refractivity contribution < 1.29 is 23.4 Å². The van der Waals surface area contributed by atoms with Crippen molar-refractivity contribution in [1.82, 2.24) is 124 Å². The fraction of sp³-hybridized carbons (Fsp3) is 0.187. The summed E-state index contributed by atoms with van der Waals surface area (Å²) in [5.74, 6) is 5.95. The van der Waals surface area contributed by atoms with Gasteiger partial charge in [0.2, 0.25) is 5.95 Å². The van der Waals surface area contributed by atoms with E-state index >= 15 is 0 Å². The van der Waals surface area contributed by atoms with E-state index in [1.165, 1.54) is 36.6 Å². The van der Waals surface area contributed by atoms with Crippen LogP contribution in [0.5, 0.6) is 0 Å². The summed E-state index contributed by atoms with van der Waals surface area (Å²) < 4.78 is 36.3. The highest BCUT2D eigenvalue weighted by molar-refractivity contribution is 7.22.